The molecule has 72 valence electrons. The average Bonchev–Trinajstić information content (AvgIpc) is 1.85. The molecule has 0 saturated heterocycles. The van der Waals surface area contributed by atoms with E-state index in [0.29, 0.717) is 6.42 Å². The van der Waals surface area contributed by atoms with Crippen molar-refractivity contribution in [2.45, 2.75) is 34.1 Å². The smallest absolute Gasteiger partial charge is 0.309 e. The summed E-state index contributed by atoms with van der Waals surface area (Å²) in [6, 6.07) is 0. The number of rotatable bonds is 3. The van der Waals surface area contributed by atoms with E-state index in [0.717, 1.165) is 0 Å². The normalized spacial score (nSPS) is 17.1. The minimum Gasteiger partial charge on any atom is -0.481 e. The molecule has 0 fully saturated rings. The van der Waals surface area contributed by atoms with Crippen LogP contribution in [0.1, 0.15) is 34.1 Å². The van der Waals surface area contributed by atoms with Gasteiger partial charge in [-0.05, 0) is 18.8 Å². The Bertz CT molecular complexity index is 169. The van der Waals surface area contributed by atoms with Crippen LogP contribution in [0, 0.1) is 10.8 Å². The lowest BCUT2D eigenvalue weighted by Gasteiger charge is -2.37. The minimum atomic E-state index is -0.845. The van der Waals surface area contributed by atoms with Crippen LogP contribution in [0.2, 0.25) is 0 Å². The molecule has 0 rings (SSSR count). The second-order valence-corrected chi connectivity index (χ2v) is 4.36. The fourth-order valence-corrected chi connectivity index (χ4v) is 1.03. The zero-order valence-electron chi connectivity index (χ0n) is 8.22. The zero-order valence-corrected chi connectivity index (χ0v) is 8.22. The third kappa shape index (κ3) is 1.97. The fraction of sp³-hybridized carbons (Fsp3) is 0.889. The van der Waals surface area contributed by atoms with E-state index in [2.05, 4.69) is 0 Å². The van der Waals surface area contributed by atoms with Gasteiger partial charge in [0.15, 0.2) is 0 Å². The van der Waals surface area contributed by atoms with E-state index in [1.807, 2.05) is 20.8 Å². The molecule has 0 aliphatic carbocycles. The van der Waals surface area contributed by atoms with Gasteiger partial charge < -0.3 is 10.2 Å². The summed E-state index contributed by atoms with van der Waals surface area (Å²) in [6.45, 7) is 7.20. The van der Waals surface area contributed by atoms with Crippen molar-refractivity contribution in [1.29, 1.82) is 0 Å². The molecule has 0 bridgehead atoms. The lowest BCUT2D eigenvalue weighted by molar-refractivity contribution is -0.156. The van der Waals surface area contributed by atoms with E-state index >= 15 is 0 Å². The zero-order chi connectivity index (χ0) is 9.99. The molecule has 0 heterocycles. The summed E-state index contributed by atoms with van der Waals surface area (Å²) in [5.41, 5.74) is -1.18. The van der Waals surface area contributed by atoms with Crippen LogP contribution in [0.3, 0.4) is 0 Å². The molecule has 3 heteroatoms. The molecular formula is C9H18O3. The Balaban J connectivity index is 4.75. The number of hydrogen-bond donors (Lipinski definition) is 2. The Hall–Kier alpha value is -0.570. The van der Waals surface area contributed by atoms with E-state index < -0.39 is 11.4 Å². The monoisotopic (exact) mass is 174 g/mol. The lowest BCUT2D eigenvalue weighted by atomic mass is 9.66. The van der Waals surface area contributed by atoms with Gasteiger partial charge in [0.05, 0.1) is 5.41 Å². The van der Waals surface area contributed by atoms with Crippen LogP contribution in [-0.4, -0.2) is 22.8 Å². The lowest BCUT2D eigenvalue weighted by Crippen LogP contribution is -2.41. The van der Waals surface area contributed by atoms with Gasteiger partial charge in [0.1, 0.15) is 0 Å². The minimum absolute atomic E-state index is 0.0833. The molecule has 0 saturated carbocycles. The fourth-order valence-electron chi connectivity index (χ4n) is 1.03. The Morgan fingerprint density at radius 3 is 1.75 bits per heavy atom. The first-order valence-electron chi connectivity index (χ1n) is 4.10. The molecule has 0 aromatic rings. The van der Waals surface area contributed by atoms with Crippen LogP contribution >= 0.6 is 0 Å². The Morgan fingerprint density at radius 2 is 1.67 bits per heavy atom. The summed E-state index contributed by atoms with van der Waals surface area (Å²) in [4.78, 5) is 10.9. The van der Waals surface area contributed by atoms with Crippen molar-refractivity contribution in [3.8, 4) is 0 Å². The van der Waals surface area contributed by atoms with Gasteiger partial charge in [-0.15, -0.1) is 0 Å². The van der Waals surface area contributed by atoms with Gasteiger partial charge in [-0.2, -0.15) is 0 Å². The van der Waals surface area contributed by atoms with E-state index in [-0.39, 0.29) is 12.0 Å². The van der Waals surface area contributed by atoms with E-state index in [4.69, 9.17) is 10.2 Å². The summed E-state index contributed by atoms with van der Waals surface area (Å²) < 4.78 is 0. The molecule has 0 amide bonds. The molecule has 0 radical (unpaired) electrons. The van der Waals surface area contributed by atoms with Gasteiger partial charge in [-0.3, -0.25) is 4.79 Å². The highest BCUT2D eigenvalue weighted by Crippen LogP contribution is 2.41. The number of hydrogen-bond acceptors (Lipinski definition) is 2. The van der Waals surface area contributed by atoms with Crippen molar-refractivity contribution in [2.24, 2.45) is 10.8 Å². The van der Waals surface area contributed by atoms with Gasteiger partial charge in [-0.1, -0.05) is 20.8 Å². The molecule has 0 aromatic carbocycles. The standard InChI is InChI=1S/C9H18O3/c1-8(2,3)9(4,5-6-10)7(11)12/h10H,5-6H2,1-4H3,(H,11,12). The summed E-state index contributed by atoms with van der Waals surface area (Å²) in [5, 5.41) is 17.7. The van der Waals surface area contributed by atoms with Crippen molar-refractivity contribution < 1.29 is 15.0 Å². The molecule has 1 unspecified atom stereocenters. The van der Waals surface area contributed by atoms with Crippen molar-refractivity contribution >= 4 is 5.97 Å². The maximum absolute atomic E-state index is 10.9. The largest absolute Gasteiger partial charge is 0.481 e. The predicted octanol–water partition coefficient (Wildman–Crippen LogP) is 1.51. The van der Waals surface area contributed by atoms with E-state index in [1.54, 1.807) is 6.92 Å². The number of carbonyl (C=O) groups is 1. The quantitative estimate of drug-likeness (QED) is 0.681. The summed E-state index contributed by atoms with van der Waals surface area (Å²) in [5.74, 6) is -0.843. The van der Waals surface area contributed by atoms with Gasteiger partial charge in [0, 0.05) is 6.61 Å². The van der Waals surface area contributed by atoms with E-state index in [1.165, 1.54) is 0 Å². The van der Waals surface area contributed by atoms with E-state index in [9.17, 15) is 4.79 Å². The van der Waals surface area contributed by atoms with Gasteiger partial charge in [0.25, 0.3) is 0 Å². The van der Waals surface area contributed by atoms with Crippen LogP contribution in [0.4, 0.5) is 0 Å². The maximum atomic E-state index is 10.9. The summed E-state index contributed by atoms with van der Waals surface area (Å²) in [6.07, 6.45) is 0.297. The molecular weight excluding hydrogens is 156 g/mol. The average molecular weight is 174 g/mol. The second-order valence-electron chi connectivity index (χ2n) is 4.36. The molecule has 0 spiro atoms. The van der Waals surface area contributed by atoms with Gasteiger partial charge in [-0.25, -0.2) is 0 Å². The molecule has 0 aliphatic rings. The first kappa shape index (κ1) is 11.4. The van der Waals surface area contributed by atoms with Gasteiger partial charge >= 0.3 is 5.97 Å². The first-order chi connectivity index (χ1) is 5.25. The summed E-state index contributed by atoms with van der Waals surface area (Å²) in [7, 11) is 0. The first-order valence-corrected chi connectivity index (χ1v) is 4.10. The van der Waals surface area contributed by atoms with Crippen molar-refractivity contribution in [3.05, 3.63) is 0 Å². The highest BCUT2D eigenvalue weighted by molar-refractivity contribution is 5.75. The highest BCUT2D eigenvalue weighted by Gasteiger charge is 2.43. The Kier molecular flexibility index (Phi) is 3.27. The third-order valence-corrected chi connectivity index (χ3v) is 2.74. The van der Waals surface area contributed by atoms with Crippen LogP contribution in [0.5, 0.6) is 0 Å². The highest BCUT2D eigenvalue weighted by atomic mass is 16.4. The summed E-state index contributed by atoms with van der Waals surface area (Å²) >= 11 is 0. The number of aliphatic hydroxyl groups excluding tert-OH is 1. The molecule has 3 nitrogen and oxygen atoms in total. The molecule has 0 aliphatic heterocycles. The SMILES string of the molecule is CC(C)(C)C(C)(CCO)C(=O)O. The number of aliphatic hydroxyl groups is 1. The van der Waals surface area contributed by atoms with Crippen molar-refractivity contribution in [1.82, 2.24) is 0 Å². The Morgan fingerprint density at radius 1 is 1.25 bits per heavy atom. The molecule has 12 heavy (non-hydrogen) atoms. The van der Waals surface area contributed by atoms with Crippen LogP contribution < -0.4 is 0 Å². The Labute approximate surface area is 73.4 Å². The topological polar surface area (TPSA) is 57.5 Å². The molecule has 1 atom stereocenters. The number of aliphatic carboxylic acids is 1. The number of carboxylic acids is 1. The van der Waals surface area contributed by atoms with Crippen molar-refractivity contribution in [3.63, 3.8) is 0 Å². The second kappa shape index (κ2) is 3.44. The predicted molar refractivity (Wildman–Crippen MR) is 46.9 cm³/mol. The molecule has 0 aromatic heterocycles. The third-order valence-electron chi connectivity index (χ3n) is 2.74. The maximum Gasteiger partial charge on any atom is 0.309 e. The van der Waals surface area contributed by atoms with Crippen LogP contribution in [0.15, 0.2) is 0 Å². The molecule has 2 N–H and O–H groups in total. The van der Waals surface area contributed by atoms with Crippen LogP contribution in [0.25, 0.3) is 0 Å². The van der Waals surface area contributed by atoms with Gasteiger partial charge in [0.2, 0.25) is 0 Å². The number of carboxylic acid groups (broad SMARTS) is 1. The van der Waals surface area contributed by atoms with Crippen molar-refractivity contribution in [2.75, 3.05) is 6.61 Å². The van der Waals surface area contributed by atoms with Crippen LogP contribution in [-0.2, 0) is 4.79 Å².